The maximum Gasteiger partial charge on any atom is 0.355 e. The molecule has 0 amide bonds. The lowest BCUT2D eigenvalue weighted by Gasteiger charge is -2.16. The Kier molecular flexibility index (Phi) is 4.66. The first-order valence-electron chi connectivity index (χ1n) is 10.2. The van der Waals surface area contributed by atoms with Crippen molar-refractivity contribution < 1.29 is 9.53 Å². The van der Waals surface area contributed by atoms with E-state index in [0.29, 0.717) is 12.3 Å². The van der Waals surface area contributed by atoms with Gasteiger partial charge in [-0.15, -0.1) is 0 Å². The molecule has 0 radical (unpaired) electrons. The Morgan fingerprint density at radius 3 is 2.72 bits per heavy atom. The van der Waals surface area contributed by atoms with Crippen LogP contribution in [0.5, 0.6) is 0 Å². The molecule has 1 aromatic carbocycles. The Hall–Kier alpha value is -3.13. The second-order valence-corrected chi connectivity index (χ2v) is 7.78. The zero-order valence-electron chi connectivity index (χ0n) is 17.3. The van der Waals surface area contributed by atoms with Gasteiger partial charge in [-0.05, 0) is 73.6 Å². The Balaban J connectivity index is 1.92. The minimum absolute atomic E-state index is 0.200. The fraction of sp³-hybridized carbons (Fsp3) is 0.375. The number of pyridine rings is 1. The van der Waals surface area contributed by atoms with E-state index in [0.717, 1.165) is 40.6 Å². The highest BCUT2D eigenvalue weighted by Crippen LogP contribution is 2.52. The largest absolute Gasteiger partial charge is 0.461 e. The Labute approximate surface area is 170 Å². The van der Waals surface area contributed by atoms with Gasteiger partial charge in [0.05, 0.1) is 18.2 Å². The van der Waals surface area contributed by atoms with Crippen molar-refractivity contribution in [3.63, 3.8) is 0 Å². The minimum atomic E-state index is -0.673. The van der Waals surface area contributed by atoms with Crippen LogP contribution in [0, 0.1) is 24.2 Å². The van der Waals surface area contributed by atoms with Crippen LogP contribution in [0.2, 0.25) is 0 Å². The number of fused-ring (bicyclic) bond motifs is 1. The summed E-state index contributed by atoms with van der Waals surface area (Å²) in [5.41, 5.74) is 5.14. The number of nitriles is 1. The van der Waals surface area contributed by atoms with E-state index in [1.54, 1.807) is 6.92 Å². The van der Waals surface area contributed by atoms with Crippen LogP contribution in [0.25, 0.3) is 22.0 Å². The summed E-state index contributed by atoms with van der Waals surface area (Å²) < 4.78 is 7.18. The van der Waals surface area contributed by atoms with Crippen LogP contribution in [0.1, 0.15) is 48.9 Å². The number of rotatable bonds is 5. The lowest BCUT2D eigenvalue weighted by Crippen LogP contribution is -2.23. The summed E-state index contributed by atoms with van der Waals surface area (Å²) in [6.45, 7) is 8.34. The van der Waals surface area contributed by atoms with Crippen LogP contribution < -0.4 is 0 Å². The van der Waals surface area contributed by atoms with E-state index in [4.69, 9.17) is 4.74 Å². The predicted octanol–water partition coefficient (Wildman–Crippen LogP) is 5.01. The molecule has 1 saturated carbocycles. The first kappa shape index (κ1) is 19.2. The first-order chi connectivity index (χ1) is 14.0. The quantitative estimate of drug-likeness (QED) is 0.577. The molecule has 5 heteroatoms. The fourth-order valence-corrected chi connectivity index (χ4v) is 4.34. The van der Waals surface area contributed by atoms with Crippen molar-refractivity contribution in [1.29, 1.82) is 5.26 Å². The molecule has 148 valence electrons. The normalized spacial score (nSPS) is 20.4. The molecule has 0 saturated heterocycles. The van der Waals surface area contributed by atoms with Gasteiger partial charge in [0.25, 0.3) is 0 Å². The molecule has 0 spiro atoms. The predicted molar refractivity (Wildman–Crippen MR) is 113 cm³/mol. The molecule has 1 aliphatic rings. The standard InChI is InChI=1S/C24H25N3O2/c1-5-20-16(4)19(9-10-26-20)17-7-8-21-18(11-17)12-22(23(28)29-6-2)27(21)24(14-25)13-15(24)3/h7-12,15H,5-6,13H2,1-4H3. The third-order valence-corrected chi connectivity index (χ3v) is 6.11. The lowest BCUT2D eigenvalue weighted by molar-refractivity contribution is 0.0512. The molecule has 0 N–H and O–H groups in total. The number of esters is 1. The molecule has 5 nitrogen and oxygen atoms in total. The number of nitrogens with zero attached hydrogens (tertiary/aromatic N) is 3. The Morgan fingerprint density at radius 2 is 2.10 bits per heavy atom. The number of carbonyl (C=O) groups excluding carboxylic acids is 1. The summed E-state index contributed by atoms with van der Waals surface area (Å²) in [4.78, 5) is 17.1. The second kappa shape index (κ2) is 7.04. The fourth-order valence-electron chi connectivity index (χ4n) is 4.34. The maximum absolute atomic E-state index is 12.7. The molecule has 0 aliphatic heterocycles. The topological polar surface area (TPSA) is 67.9 Å². The van der Waals surface area contributed by atoms with Gasteiger partial charge in [-0.2, -0.15) is 5.26 Å². The van der Waals surface area contributed by atoms with Crippen molar-refractivity contribution in [2.75, 3.05) is 6.61 Å². The monoisotopic (exact) mass is 387 g/mol. The smallest absolute Gasteiger partial charge is 0.355 e. The SMILES string of the molecule is CCOC(=O)c1cc2cc(-c3ccnc(CC)c3C)ccc2n1C1(C#N)CC1C. The van der Waals surface area contributed by atoms with Crippen molar-refractivity contribution in [1.82, 2.24) is 9.55 Å². The average molecular weight is 387 g/mol. The first-order valence-corrected chi connectivity index (χ1v) is 10.2. The number of aryl methyl sites for hydroxylation is 1. The zero-order chi connectivity index (χ0) is 20.8. The maximum atomic E-state index is 12.7. The average Bonchev–Trinajstić information content (AvgIpc) is 3.23. The van der Waals surface area contributed by atoms with E-state index in [1.807, 2.05) is 35.9 Å². The van der Waals surface area contributed by atoms with Crippen LogP contribution in [0.15, 0.2) is 36.5 Å². The van der Waals surface area contributed by atoms with Crippen molar-refractivity contribution >= 4 is 16.9 Å². The van der Waals surface area contributed by atoms with Crippen LogP contribution in [0.4, 0.5) is 0 Å². The molecule has 3 aromatic rings. The highest BCUT2D eigenvalue weighted by atomic mass is 16.5. The van der Waals surface area contributed by atoms with Crippen LogP contribution >= 0.6 is 0 Å². The highest BCUT2D eigenvalue weighted by molar-refractivity contribution is 5.97. The summed E-state index contributed by atoms with van der Waals surface area (Å²) in [6, 6.07) is 12.5. The lowest BCUT2D eigenvalue weighted by atomic mass is 9.98. The van der Waals surface area contributed by atoms with E-state index in [-0.39, 0.29) is 11.9 Å². The molecular formula is C24H25N3O2. The number of aromatic nitrogens is 2. The minimum Gasteiger partial charge on any atom is -0.461 e. The highest BCUT2D eigenvalue weighted by Gasteiger charge is 2.55. The van der Waals surface area contributed by atoms with Gasteiger partial charge in [0.1, 0.15) is 11.2 Å². The van der Waals surface area contributed by atoms with Crippen LogP contribution in [-0.4, -0.2) is 22.1 Å². The molecule has 29 heavy (non-hydrogen) atoms. The van der Waals surface area contributed by atoms with Crippen molar-refractivity contribution in [3.05, 3.63) is 53.5 Å². The summed E-state index contributed by atoms with van der Waals surface area (Å²) in [5.74, 6) is -0.183. The van der Waals surface area contributed by atoms with E-state index in [1.165, 1.54) is 5.56 Å². The van der Waals surface area contributed by atoms with Crippen molar-refractivity contribution in [2.24, 2.45) is 5.92 Å². The number of ether oxygens (including phenoxy) is 1. The van der Waals surface area contributed by atoms with Gasteiger partial charge in [-0.1, -0.05) is 19.9 Å². The van der Waals surface area contributed by atoms with Gasteiger partial charge >= 0.3 is 5.97 Å². The van der Waals surface area contributed by atoms with E-state index < -0.39 is 5.54 Å². The summed E-state index contributed by atoms with van der Waals surface area (Å²) in [7, 11) is 0. The van der Waals surface area contributed by atoms with Gasteiger partial charge in [0.15, 0.2) is 0 Å². The molecule has 1 aliphatic carbocycles. The number of hydrogen-bond donors (Lipinski definition) is 0. The van der Waals surface area contributed by atoms with Gasteiger partial charge in [-0.25, -0.2) is 4.79 Å². The van der Waals surface area contributed by atoms with Gasteiger partial charge < -0.3 is 9.30 Å². The summed E-state index contributed by atoms with van der Waals surface area (Å²) in [6.07, 6.45) is 3.47. The molecule has 2 unspecified atom stereocenters. The van der Waals surface area contributed by atoms with E-state index >= 15 is 0 Å². The number of hydrogen-bond acceptors (Lipinski definition) is 4. The molecule has 2 heterocycles. The van der Waals surface area contributed by atoms with Gasteiger partial charge in [-0.3, -0.25) is 4.98 Å². The Morgan fingerprint density at radius 1 is 1.34 bits per heavy atom. The van der Waals surface area contributed by atoms with Crippen molar-refractivity contribution in [2.45, 2.75) is 46.1 Å². The van der Waals surface area contributed by atoms with E-state index in [9.17, 15) is 10.1 Å². The molecule has 2 atom stereocenters. The number of carbonyl (C=O) groups is 1. The van der Waals surface area contributed by atoms with Gasteiger partial charge in [0, 0.05) is 17.3 Å². The molecule has 4 rings (SSSR count). The van der Waals surface area contributed by atoms with Gasteiger partial charge in [0.2, 0.25) is 0 Å². The third kappa shape index (κ3) is 2.91. The third-order valence-electron chi connectivity index (χ3n) is 6.11. The molecular weight excluding hydrogens is 362 g/mol. The molecule has 2 aromatic heterocycles. The van der Waals surface area contributed by atoms with Crippen molar-refractivity contribution in [3.8, 4) is 17.2 Å². The van der Waals surface area contributed by atoms with Crippen LogP contribution in [0.3, 0.4) is 0 Å². The molecule has 1 fully saturated rings. The number of benzene rings is 1. The second-order valence-electron chi connectivity index (χ2n) is 7.78. The summed E-state index contributed by atoms with van der Waals surface area (Å²) >= 11 is 0. The van der Waals surface area contributed by atoms with E-state index in [2.05, 4.69) is 37.0 Å². The Bertz CT molecular complexity index is 1150. The van der Waals surface area contributed by atoms with Crippen LogP contribution in [-0.2, 0) is 16.7 Å². The zero-order valence-corrected chi connectivity index (χ0v) is 17.3. The summed E-state index contributed by atoms with van der Waals surface area (Å²) in [5, 5.41) is 10.8. The molecule has 0 bridgehead atoms.